The van der Waals surface area contributed by atoms with Gasteiger partial charge in [0.05, 0.1) is 6.54 Å². The average molecular weight is 420 g/mol. The number of fused-ring (bicyclic) bond motifs is 2. The molecule has 1 N–H and O–H groups in total. The van der Waals surface area contributed by atoms with E-state index in [9.17, 15) is 18.8 Å². The molecular weight excluding hydrogens is 399 g/mol. The van der Waals surface area contributed by atoms with Gasteiger partial charge in [-0.25, -0.2) is 14.0 Å². The second-order valence-corrected chi connectivity index (χ2v) is 8.15. The van der Waals surface area contributed by atoms with Crippen molar-refractivity contribution in [3.63, 3.8) is 0 Å². The fraction of sp³-hybridized carbons (Fsp3) is 0.292. The molecule has 7 heteroatoms. The minimum Gasteiger partial charge on any atom is -0.423 e. The largest absolute Gasteiger partial charge is 0.423 e. The van der Waals surface area contributed by atoms with Crippen LogP contribution in [0.4, 0.5) is 9.18 Å². The molecule has 2 heterocycles. The zero-order chi connectivity index (χ0) is 21.8. The molecule has 2 aliphatic rings. The summed E-state index contributed by atoms with van der Waals surface area (Å²) in [6.45, 7) is 1.75. The molecule has 158 valence electrons. The predicted octanol–water partition coefficient (Wildman–Crippen LogP) is 3.78. The number of aryl methyl sites for hydroxylation is 2. The van der Waals surface area contributed by atoms with Crippen LogP contribution in [0, 0.1) is 5.82 Å². The van der Waals surface area contributed by atoms with Crippen LogP contribution in [0.15, 0.2) is 51.7 Å². The summed E-state index contributed by atoms with van der Waals surface area (Å²) >= 11 is 0. The third kappa shape index (κ3) is 3.03. The molecule has 3 aromatic rings. The van der Waals surface area contributed by atoms with Crippen LogP contribution in [0.5, 0.6) is 0 Å². The highest BCUT2D eigenvalue weighted by atomic mass is 19.1. The van der Waals surface area contributed by atoms with Crippen molar-refractivity contribution in [3.05, 3.63) is 81.0 Å². The maximum atomic E-state index is 13.4. The Morgan fingerprint density at radius 1 is 1.06 bits per heavy atom. The van der Waals surface area contributed by atoms with Crippen molar-refractivity contribution in [1.29, 1.82) is 0 Å². The van der Waals surface area contributed by atoms with Crippen LogP contribution in [0.3, 0.4) is 0 Å². The van der Waals surface area contributed by atoms with Gasteiger partial charge in [-0.2, -0.15) is 0 Å². The molecule has 1 aliphatic carbocycles. The number of rotatable bonds is 4. The second kappa shape index (κ2) is 7.04. The smallest absolute Gasteiger partial charge is 0.336 e. The fourth-order valence-electron chi connectivity index (χ4n) is 4.74. The number of amides is 3. The summed E-state index contributed by atoms with van der Waals surface area (Å²) in [5.74, 6) is -0.840. The zero-order valence-electron chi connectivity index (χ0n) is 17.0. The monoisotopic (exact) mass is 420 g/mol. The lowest BCUT2D eigenvalue weighted by molar-refractivity contribution is -0.132. The number of nitrogens with zero attached hydrogens (tertiary/aromatic N) is 1. The van der Waals surface area contributed by atoms with Crippen LogP contribution in [-0.4, -0.2) is 16.8 Å². The van der Waals surface area contributed by atoms with Crippen molar-refractivity contribution in [2.75, 3.05) is 0 Å². The SMILES string of the molecule is CC[C@]1(c2ccc(F)cc2)NC(=O)N(Cc2cc(=O)oc3cc4c(cc23)CCC4)C1=O. The van der Waals surface area contributed by atoms with E-state index in [1.807, 2.05) is 12.1 Å². The summed E-state index contributed by atoms with van der Waals surface area (Å²) in [5, 5.41) is 3.52. The Hall–Kier alpha value is -3.48. The molecule has 0 spiro atoms. The van der Waals surface area contributed by atoms with Crippen LogP contribution in [0.2, 0.25) is 0 Å². The van der Waals surface area contributed by atoms with Crippen molar-refractivity contribution in [3.8, 4) is 0 Å². The summed E-state index contributed by atoms with van der Waals surface area (Å²) in [6, 6.07) is 10.3. The highest BCUT2D eigenvalue weighted by Crippen LogP contribution is 2.34. The van der Waals surface area contributed by atoms with Gasteiger partial charge in [-0.15, -0.1) is 0 Å². The van der Waals surface area contributed by atoms with E-state index in [1.54, 1.807) is 6.92 Å². The van der Waals surface area contributed by atoms with E-state index in [2.05, 4.69) is 5.32 Å². The highest BCUT2D eigenvalue weighted by Gasteiger charge is 2.51. The van der Waals surface area contributed by atoms with E-state index in [-0.39, 0.29) is 6.54 Å². The van der Waals surface area contributed by atoms with Gasteiger partial charge in [0.1, 0.15) is 16.9 Å². The molecule has 0 bridgehead atoms. The molecule has 5 rings (SSSR count). The predicted molar refractivity (Wildman–Crippen MR) is 112 cm³/mol. The lowest BCUT2D eigenvalue weighted by Gasteiger charge is -2.26. The molecule has 1 saturated heterocycles. The summed E-state index contributed by atoms with van der Waals surface area (Å²) in [4.78, 5) is 39.5. The number of halogens is 1. The standard InChI is InChI=1S/C24H21FN2O4/c1-2-24(17-6-8-18(25)9-7-17)22(29)27(23(30)26-24)13-16-12-21(28)31-20-11-15-5-3-4-14(15)10-19(16)20/h6-12H,2-5,13H2,1H3,(H,26,30)/t24-/m1/s1. The fourth-order valence-corrected chi connectivity index (χ4v) is 4.74. The van der Waals surface area contributed by atoms with Crippen LogP contribution >= 0.6 is 0 Å². The Balaban J connectivity index is 1.55. The number of hydrogen-bond donors (Lipinski definition) is 1. The maximum Gasteiger partial charge on any atom is 0.336 e. The zero-order valence-corrected chi connectivity index (χ0v) is 17.0. The Morgan fingerprint density at radius 2 is 1.77 bits per heavy atom. The first-order valence-electron chi connectivity index (χ1n) is 10.4. The summed E-state index contributed by atoms with van der Waals surface area (Å²) in [5.41, 5.74) is 2.14. The Bertz CT molecular complexity index is 1280. The van der Waals surface area contributed by atoms with Crippen molar-refractivity contribution in [2.24, 2.45) is 0 Å². The Morgan fingerprint density at radius 3 is 2.48 bits per heavy atom. The molecule has 2 aromatic carbocycles. The lowest BCUT2D eigenvalue weighted by atomic mass is 9.87. The van der Waals surface area contributed by atoms with Gasteiger partial charge >= 0.3 is 11.7 Å². The van der Waals surface area contributed by atoms with E-state index >= 15 is 0 Å². The van der Waals surface area contributed by atoms with E-state index < -0.39 is 28.9 Å². The number of nitrogens with one attached hydrogen (secondary N) is 1. The van der Waals surface area contributed by atoms with Gasteiger partial charge in [0.15, 0.2) is 0 Å². The molecule has 3 amide bonds. The van der Waals surface area contributed by atoms with E-state index in [0.717, 1.165) is 29.5 Å². The molecule has 1 atom stereocenters. The van der Waals surface area contributed by atoms with Gasteiger partial charge in [0.2, 0.25) is 0 Å². The first-order chi connectivity index (χ1) is 14.9. The van der Waals surface area contributed by atoms with Crippen LogP contribution in [0.1, 0.15) is 42.0 Å². The van der Waals surface area contributed by atoms with Gasteiger partial charge in [-0.3, -0.25) is 9.69 Å². The minimum absolute atomic E-state index is 0.0471. The van der Waals surface area contributed by atoms with Crippen molar-refractivity contribution < 1.29 is 18.4 Å². The lowest BCUT2D eigenvalue weighted by Crippen LogP contribution is -2.43. The van der Waals surface area contributed by atoms with E-state index in [4.69, 9.17) is 4.42 Å². The van der Waals surface area contributed by atoms with Gasteiger partial charge in [-0.05, 0) is 72.2 Å². The van der Waals surface area contributed by atoms with E-state index in [1.165, 1.54) is 41.5 Å². The second-order valence-electron chi connectivity index (χ2n) is 8.15. The number of benzene rings is 2. The Labute approximate surface area is 177 Å². The average Bonchev–Trinajstić information content (AvgIpc) is 3.30. The normalized spacial score (nSPS) is 20.4. The van der Waals surface area contributed by atoms with Crippen LogP contribution in [-0.2, 0) is 29.7 Å². The molecule has 0 unspecified atom stereocenters. The summed E-state index contributed by atoms with van der Waals surface area (Å²) in [7, 11) is 0. The van der Waals surface area contributed by atoms with Gasteiger partial charge in [0, 0.05) is 11.5 Å². The van der Waals surface area contributed by atoms with Crippen LogP contribution < -0.4 is 10.9 Å². The topological polar surface area (TPSA) is 79.6 Å². The number of carbonyl (C=O) groups excluding carboxylic acids is 2. The first-order valence-corrected chi connectivity index (χ1v) is 10.4. The summed E-state index contributed by atoms with van der Waals surface area (Å²) in [6.07, 6.45) is 3.26. The van der Waals surface area contributed by atoms with Crippen molar-refractivity contribution in [1.82, 2.24) is 10.2 Å². The molecule has 0 radical (unpaired) electrons. The van der Waals surface area contributed by atoms with Crippen molar-refractivity contribution in [2.45, 2.75) is 44.7 Å². The minimum atomic E-state index is -1.26. The molecule has 0 saturated carbocycles. The maximum absolute atomic E-state index is 13.4. The highest BCUT2D eigenvalue weighted by molar-refractivity contribution is 6.07. The first kappa shape index (κ1) is 19.5. The van der Waals surface area contributed by atoms with Crippen molar-refractivity contribution >= 4 is 22.9 Å². The molecular formula is C24H21FN2O4. The molecule has 1 aromatic heterocycles. The third-order valence-corrected chi connectivity index (χ3v) is 6.41. The van der Waals surface area contributed by atoms with Gasteiger partial charge in [-0.1, -0.05) is 19.1 Å². The molecule has 1 aliphatic heterocycles. The number of hydrogen-bond acceptors (Lipinski definition) is 4. The summed E-state index contributed by atoms with van der Waals surface area (Å²) < 4.78 is 18.8. The molecule has 1 fully saturated rings. The number of urea groups is 1. The van der Waals surface area contributed by atoms with E-state index in [0.29, 0.717) is 23.1 Å². The molecule has 6 nitrogen and oxygen atoms in total. The Kier molecular flexibility index (Phi) is 4.43. The number of carbonyl (C=O) groups is 2. The quantitative estimate of drug-likeness (QED) is 0.515. The molecule has 31 heavy (non-hydrogen) atoms. The number of imide groups is 1. The van der Waals surface area contributed by atoms with Gasteiger partial charge < -0.3 is 9.73 Å². The van der Waals surface area contributed by atoms with Crippen LogP contribution in [0.25, 0.3) is 11.0 Å². The third-order valence-electron chi connectivity index (χ3n) is 6.41. The van der Waals surface area contributed by atoms with Gasteiger partial charge in [0.25, 0.3) is 5.91 Å².